The molecule has 0 bridgehead atoms. The number of hydrogen-bond acceptors (Lipinski definition) is 1. The van der Waals surface area contributed by atoms with E-state index in [9.17, 15) is 5.11 Å². The van der Waals surface area contributed by atoms with Crippen LogP contribution in [0.2, 0.25) is 0 Å². The van der Waals surface area contributed by atoms with E-state index in [1.165, 1.54) is 56.9 Å². The van der Waals surface area contributed by atoms with Gasteiger partial charge in [-0.15, -0.1) is 0 Å². The molecule has 2 rings (SSSR count). The van der Waals surface area contributed by atoms with E-state index in [2.05, 4.69) is 63.5 Å². The van der Waals surface area contributed by atoms with Crippen molar-refractivity contribution in [2.24, 2.45) is 5.92 Å². The van der Waals surface area contributed by atoms with E-state index in [1.54, 1.807) is 0 Å². The Labute approximate surface area is 197 Å². The average molecular weight is 446 g/mol. The van der Waals surface area contributed by atoms with Gasteiger partial charge in [0.15, 0.2) is 0 Å². The summed E-state index contributed by atoms with van der Waals surface area (Å²) in [4.78, 5) is 0. The highest BCUT2D eigenvalue weighted by molar-refractivity contribution is 5.18. The third-order valence-electron chi connectivity index (χ3n) is 6.20. The summed E-state index contributed by atoms with van der Waals surface area (Å²) in [6.07, 6.45) is 11.4. The molecule has 1 N–H and O–H groups in total. The Morgan fingerprint density at radius 3 is 1.84 bits per heavy atom. The molecule has 0 radical (unpaired) electrons. The number of benzene rings is 2. The second-order valence-electron chi connectivity index (χ2n) is 9.64. The Bertz CT molecular complexity index is 674. The summed E-state index contributed by atoms with van der Waals surface area (Å²) in [5.41, 5.74) is 2.42. The summed E-state index contributed by atoms with van der Waals surface area (Å²) < 4.78 is 0.898. The predicted octanol–water partition coefficient (Wildman–Crippen LogP) is 4.15. The first kappa shape index (κ1) is 27.7. The molecule has 0 amide bonds. The Morgan fingerprint density at radius 1 is 0.742 bits per heavy atom. The molecule has 3 heteroatoms. The summed E-state index contributed by atoms with van der Waals surface area (Å²) in [6.45, 7) is 4.26. The van der Waals surface area contributed by atoms with Crippen molar-refractivity contribution in [1.29, 1.82) is 0 Å². The lowest BCUT2D eigenvalue weighted by Crippen LogP contribution is -3.00. The van der Waals surface area contributed by atoms with Gasteiger partial charge < -0.3 is 22.0 Å². The molecule has 174 valence electrons. The van der Waals surface area contributed by atoms with Crippen LogP contribution >= 0.6 is 0 Å². The fourth-order valence-electron chi connectivity index (χ4n) is 4.59. The molecule has 0 aliphatic rings. The molecule has 2 aromatic rings. The van der Waals surface area contributed by atoms with Crippen molar-refractivity contribution >= 4 is 0 Å². The molecule has 0 saturated carbocycles. The minimum absolute atomic E-state index is 0. The molecule has 2 atom stereocenters. The van der Waals surface area contributed by atoms with Gasteiger partial charge in [-0.2, -0.15) is 0 Å². The summed E-state index contributed by atoms with van der Waals surface area (Å²) in [7, 11) is 4.59. The van der Waals surface area contributed by atoms with Crippen molar-refractivity contribution in [3.63, 3.8) is 0 Å². The molecule has 2 nitrogen and oxygen atoms in total. The number of nitrogens with zero attached hydrogens (tertiary/aromatic N) is 1. The van der Waals surface area contributed by atoms with Gasteiger partial charge in [0.2, 0.25) is 0 Å². The number of unbranched alkanes of at least 4 members (excludes halogenated alkanes) is 7. The SMILES string of the molecule is CCCCCCCCCCC(C[N+](C)(C)Cc1ccccc1)C(O)c1ccccc1.[Cl-]. The van der Waals surface area contributed by atoms with E-state index in [0.29, 0.717) is 0 Å². The number of quaternary nitrogens is 1. The Hall–Kier alpha value is -1.35. The third-order valence-corrected chi connectivity index (χ3v) is 6.20. The van der Waals surface area contributed by atoms with E-state index in [1.807, 2.05) is 18.2 Å². The van der Waals surface area contributed by atoms with Crippen LogP contribution in [0.4, 0.5) is 0 Å². The van der Waals surface area contributed by atoms with Gasteiger partial charge in [0, 0.05) is 11.5 Å². The van der Waals surface area contributed by atoms with Crippen molar-refractivity contribution < 1.29 is 22.0 Å². The van der Waals surface area contributed by atoms with Crippen molar-refractivity contribution in [1.82, 2.24) is 0 Å². The van der Waals surface area contributed by atoms with Gasteiger partial charge in [-0.1, -0.05) is 119 Å². The molecule has 0 heterocycles. The van der Waals surface area contributed by atoms with Crippen molar-refractivity contribution in [2.45, 2.75) is 77.4 Å². The predicted molar refractivity (Wildman–Crippen MR) is 129 cm³/mol. The first-order chi connectivity index (χ1) is 14.5. The normalized spacial score (nSPS) is 13.4. The zero-order valence-electron chi connectivity index (χ0n) is 20.0. The lowest BCUT2D eigenvalue weighted by atomic mass is 9.89. The maximum Gasteiger partial charge on any atom is 0.104 e. The van der Waals surface area contributed by atoms with Gasteiger partial charge in [-0.05, 0) is 12.0 Å². The lowest BCUT2D eigenvalue weighted by molar-refractivity contribution is -0.907. The van der Waals surface area contributed by atoms with Crippen molar-refractivity contribution in [3.05, 3.63) is 71.8 Å². The van der Waals surface area contributed by atoms with Gasteiger partial charge in [-0.3, -0.25) is 0 Å². The maximum atomic E-state index is 11.2. The van der Waals surface area contributed by atoms with Gasteiger partial charge in [0.1, 0.15) is 6.54 Å². The van der Waals surface area contributed by atoms with Crippen LogP contribution < -0.4 is 12.4 Å². The first-order valence-corrected chi connectivity index (χ1v) is 12.1. The van der Waals surface area contributed by atoms with E-state index >= 15 is 0 Å². The first-order valence-electron chi connectivity index (χ1n) is 12.1. The number of halogens is 1. The van der Waals surface area contributed by atoms with Crippen molar-refractivity contribution in [2.75, 3.05) is 20.6 Å². The molecule has 0 spiro atoms. The third kappa shape index (κ3) is 11.2. The Morgan fingerprint density at radius 2 is 1.26 bits per heavy atom. The van der Waals surface area contributed by atoms with Crippen LogP contribution in [0.5, 0.6) is 0 Å². The quantitative estimate of drug-likeness (QED) is 0.322. The summed E-state index contributed by atoms with van der Waals surface area (Å²) in [5.74, 6) is 0.284. The molecule has 0 aliphatic carbocycles. The highest BCUT2D eigenvalue weighted by Gasteiger charge is 2.28. The molecule has 2 aromatic carbocycles. The van der Waals surface area contributed by atoms with Crippen LogP contribution in [0, 0.1) is 5.92 Å². The molecular formula is C28H44ClNO. The van der Waals surface area contributed by atoms with Gasteiger partial charge in [0.25, 0.3) is 0 Å². The van der Waals surface area contributed by atoms with Crippen LogP contribution in [0.15, 0.2) is 60.7 Å². The van der Waals surface area contributed by atoms with Crippen LogP contribution in [0.25, 0.3) is 0 Å². The van der Waals surface area contributed by atoms with E-state index in [0.717, 1.165) is 29.6 Å². The minimum atomic E-state index is -0.385. The fraction of sp³-hybridized carbons (Fsp3) is 0.571. The molecule has 0 aliphatic heterocycles. The van der Waals surface area contributed by atoms with E-state index < -0.39 is 0 Å². The maximum absolute atomic E-state index is 11.2. The largest absolute Gasteiger partial charge is 1.00 e. The van der Waals surface area contributed by atoms with Gasteiger partial charge >= 0.3 is 0 Å². The van der Waals surface area contributed by atoms with E-state index in [-0.39, 0.29) is 24.4 Å². The lowest BCUT2D eigenvalue weighted by Gasteiger charge is -2.35. The number of aliphatic hydroxyl groups excluding tert-OH is 1. The standard InChI is InChI=1S/C28H44NO.ClH/c1-4-5-6-7-8-9-10-15-22-27(28(30)26-20-16-12-17-21-26)24-29(2,3)23-25-18-13-11-14-19-25;/h11-14,16-21,27-28,30H,4-10,15,22-24H2,1-3H3;1H/q+1;/p-1. The van der Waals surface area contributed by atoms with Crippen molar-refractivity contribution in [3.8, 4) is 0 Å². The molecular weight excluding hydrogens is 402 g/mol. The summed E-state index contributed by atoms with van der Waals surface area (Å²) >= 11 is 0. The molecule has 0 saturated heterocycles. The second kappa shape index (κ2) is 15.5. The zero-order valence-corrected chi connectivity index (χ0v) is 20.7. The number of aliphatic hydroxyl groups is 1. The van der Waals surface area contributed by atoms with E-state index in [4.69, 9.17) is 0 Å². The molecule has 0 aromatic heterocycles. The average Bonchev–Trinajstić information content (AvgIpc) is 2.75. The molecule has 31 heavy (non-hydrogen) atoms. The fourth-order valence-corrected chi connectivity index (χ4v) is 4.59. The minimum Gasteiger partial charge on any atom is -1.00 e. The summed E-state index contributed by atoms with van der Waals surface area (Å²) in [5, 5.41) is 11.2. The highest BCUT2D eigenvalue weighted by Crippen LogP contribution is 2.29. The van der Waals surface area contributed by atoms with Crippen LogP contribution in [0.3, 0.4) is 0 Å². The number of hydrogen-bond donors (Lipinski definition) is 1. The molecule has 0 fully saturated rings. The summed E-state index contributed by atoms with van der Waals surface area (Å²) in [6, 6.07) is 21.0. The Balaban J connectivity index is 0.00000480. The van der Waals surface area contributed by atoms with Crippen LogP contribution in [-0.2, 0) is 6.54 Å². The van der Waals surface area contributed by atoms with Gasteiger partial charge in [-0.25, -0.2) is 0 Å². The number of rotatable bonds is 15. The van der Waals surface area contributed by atoms with Crippen LogP contribution in [-0.4, -0.2) is 30.2 Å². The topological polar surface area (TPSA) is 20.2 Å². The highest BCUT2D eigenvalue weighted by atomic mass is 35.5. The monoisotopic (exact) mass is 445 g/mol. The Kier molecular flexibility index (Phi) is 13.8. The second-order valence-corrected chi connectivity index (χ2v) is 9.64. The zero-order chi connectivity index (χ0) is 21.7. The molecule has 2 unspecified atom stereocenters. The smallest absolute Gasteiger partial charge is 0.104 e. The van der Waals surface area contributed by atoms with Gasteiger partial charge in [0.05, 0.1) is 26.7 Å². The van der Waals surface area contributed by atoms with Crippen LogP contribution in [0.1, 0.15) is 81.9 Å².